The predicted octanol–water partition coefficient (Wildman–Crippen LogP) is 5.47. The minimum atomic E-state index is 0.392. The van der Waals surface area contributed by atoms with Crippen molar-refractivity contribution in [2.75, 3.05) is 7.05 Å². The predicted molar refractivity (Wildman–Crippen MR) is 90.7 cm³/mol. The summed E-state index contributed by atoms with van der Waals surface area (Å²) >= 11 is 0. The van der Waals surface area contributed by atoms with E-state index >= 15 is 0 Å². The summed E-state index contributed by atoms with van der Waals surface area (Å²) in [6, 6.07) is 8.84. The van der Waals surface area contributed by atoms with Crippen molar-refractivity contribution in [3.8, 4) is 0 Å². The van der Waals surface area contributed by atoms with Crippen LogP contribution in [0, 0.1) is 5.92 Å². The zero-order valence-corrected chi connectivity index (χ0v) is 13.9. The number of aryl methyl sites for hydroxylation is 1. The van der Waals surface area contributed by atoms with Gasteiger partial charge in [-0.1, -0.05) is 51.8 Å². The molecule has 0 saturated carbocycles. The van der Waals surface area contributed by atoms with Crippen LogP contribution in [-0.4, -0.2) is 7.05 Å². The number of nitrogens with one attached hydrogen (secondary N) is 1. The molecule has 0 spiro atoms. The number of benzene rings is 1. The van der Waals surface area contributed by atoms with E-state index in [4.69, 9.17) is 4.42 Å². The topological polar surface area (TPSA) is 25.2 Å². The van der Waals surface area contributed by atoms with E-state index in [1.165, 1.54) is 36.6 Å². The molecule has 2 heteroatoms. The summed E-state index contributed by atoms with van der Waals surface area (Å²) in [6.45, 7) is 6.75. The number of para-hydroxylation sites is 1. The number of fused-ring (bicyclic) bond motifs is 1. The Labute approximate surface area is 128 Å². The Kier molecular flexibility index (Phi) is 5.86. The molecule has 0 fully saturated rings. The van der Waals surface area contributed by atoms with Crippen LogP contribution in [0.25, 0.3) is 11.0 Å². The van der Waals surface area contributed by atoms with Gasteiger partial charge in [-0.2, -0.15) is 0 Å². The van der Waals surface area contributed by atoms with Crippen LogP contribution in [0.1, 0.15) is 63.8 Å². The molecule has 1 aromatic carbocycles. The molecule has 0 aliphatic carbocycles. The highest BCUT2D eigenvalue weighted by Crippen LogP contribution is 2.37. The van der Waals surface area contributed by atoms with Gasteiger partial charge in [0, 0.05) is 23.4 Å². The molecular formula is C19H29NO. The third-order valence-corrected chi connectivity index (χ3v) is 4.44. The van der Waals surface area contributed by atoms with Gasteiger partial charge in [0.2, 0.25) is 0 Å². The van der Waals surface area contributed by atoms with Crippen LogP contribution in [0.4, 0.5) is 0 Å². The van der Waals surface area contributed by atoms with E-state index in [2.05, 4.69) is 57.4 Å². The van der Waals surface area contributed by atoms with Crippen molar-refractivity contribution in [2.45, 2.75) is 58.9 Å². The molecule has 0 amide bonds. The standard InChI is InChI=1S/C19H29NO/c1-5-10-14(11-6-2)19(20-4)18-15-12-8-9-13-17(15)21-16(18)7-3/h8-9,12-14,19-20H,5-7,10-11H2,1-4H3. The first kappa shape index (κ1) is 16.1. The third kappa shape index (κ3) is 3.32. The zero-order valence-electron chi connectivity index (χ0n) is 13.9. The lowest BCUT2D eigenvalue weighted by atomic mass is 9.84. The molecule has 1 aromatic heterocycles. The largest absolute Gasteiger partial charge is 0.461 e. The Hall–Kier alpha value is -1.28. The molecular weight excluding hydrogens is 258 g/mol. The van der Waals surface area contributed by atoms with Gasteiger partial charge in [-0.15, -0.1) is 0 Å². The summed E-state index contributed by atoms with van der Waals surface area (Å²) in [7, 11) is 2.09. The SMILES string of the molecule is CCCC(CCC)C(NC)c1c(CC)oc2ccccc12. The van der Waals surface area contributed by atoms with Crippen LogP contribution >= 0.6 is 0 Å². The second-order valence-corrected chi connectivity index (χ2v) is 5.89. The zero-order chi connectivity index (χ0) is 15.2. The van der Waals surface area contributed by atoms with Gasteiger partial charge >= 0.3 is 0 Å². The molecule has 116 valence electrons. The number of furan rings is 1. The molecule has 0 saturated heterocycles. The Morgan fingerprint density at radius 2 is 1.71 bits per heavy atom. The van der Waals surface area contributed by atoms with Gasteiger partial charge in [-0.25, -0.2) is 0 Å². The summed E-state index contributed by atoms with van der Waals surface area (Å²) in [4.78, 5) is 0. The van der Waals surface area contributed by atoms with Crippen molar-refractivity contribution in [3.05, 3.63) is 35.6 Å². The molecule has 2 aromatic rings. The van der Waals surface area contributed by atoms with Crippen molar-refractivity contribution in [3.63, 3.8) is 0 Å². The molecule has 0 aliphatic heterocycles. The average molecular weight is 287 g/mol. The molecule has 2 nitrogen and oxygen atoms in total. The molecule has 1 N–H and O–H groups in total. The van der Waals surface area contributed by atoms with E-state index in [1.807, 2.05) is 0 Å². The highest BCUT2D eigenvalue weighted by molar-refractivity contribution is 5.82. The van der Waals surface area contributed by atoms with Crippen LogP contribution < -0.4 is 5.32 Å². The lowest BCUT2D eigenvalue weighted by Gasteiger charge is -2.27. The summed E-state index contributed by atoms with van der Waals surface area (Å²) in [5, 5.41) is 4.86. The fraction of sp³-hybridized carbons (Fsp3) is 0.579. The van der Waals surface area contributed by atoms with Gasteiger partial charge < -0.3 is 9.73 Å². The van der Waals surface area contributed by atoms with Crippen molar-refractivity contribution < 1.29 is 4.42 Å². The summed E-state index contributed by atoms with van der Waals surface area (Å²) in [5.74, 6) is 1.82. The first-order valence-corrected chi connectivity index (χ1v) is 8.44. The Balaban J connectivity index is 2.49. The van der Waals surface area contributed by atoms with E-state index in [9.17, 15) is 0 Å². The van der Waals surface area contributed by atoms with E-state index in [0.717, 1.165) is 17.8 Å². The normalized spacial score (nSPS) is 13.2. The minimum Gasteiger partial charge on any atom is -0.461 e. The quantitative estimate of drug-likeness (QED) is 0.696. The highest BCUT2D eigenvalue weighted by Gasteiger charge is 2.26. The van der Waals surface area contributed by atoms with E-state index in [-0.39, 0.29) is 0 Å². The molecule has 1 unspecified atom stereocenters. The monoisotopic (exact) mass is 287 g/mol. The van der Waals surface area contributed by atoms with Crippen molar-refractivity contribution in [2.24, 2.45) is 5.92 Å². The molecule has 21 heavy (non-hydrogen) atoms. The Morgan fingerprint density at radius 3 is 2.29 bits per heavy atom. The van der Waals surface area contributed by atoms with Crippen LogP contribution in [0.3, 0.4) is 0 Å². The fourth-order valence-electron chi connectivity index (χ4n) is 3.55. The van der Waals surface area contributed by atoms with Crippen molar-refractivity contribution >= 4 is 11.0 Å². The van der Waals surface area contributed by atoms with Crippen molar-refractivity contribution in [1.29, 1.82) is 0 Å². The number of hydrogen-bond donors (Lipinski definition) is 1. The van der Waals surface area contributed by atoms with Gasteiger partial charge in [0.05, 0.1) is 0 Å². The minimum absolute atomic E-state index is 0.392. The first-order valence-electron chi connectivity index (χ1n) is 8.44. The molecule has 2 rings (SSSR count). The lowest BCUT2D eigenvalue weighted by Crippen LogP contribution is -2.26. The van der Waals surface area contributed by atoms with Crippen LogP contribution in [0.5, 0.6) is 0 Å². The van der Waals surface area contributed by atoms with E-state index in [0.29, 0.717) is 12.0 Å². The summed E-state index contributed by atoms with van der Waals surface area (Å²) in [5.41, 5.74) is 2.42. The summed E-state index contributed by atoms with van der Waals surface area (Å²) in [6.07, 6.45) is 5.96. The maximum Gasteiger partial charge on any atom is 0.134 e. The maximum absolute atomic E-state index is 6.10. The van der Waals surface area contributed by atoms with Crippen LogP contribution in [0.15, 0.2) is 28.7 Å². The maximum atomic E-state index is 6.10. The Morgan fingerprint density at radius 1 is 1.05 bits per heavy atom. The van der Waals surface area contributed by atoms with Crippen LogP contribution in [0.2, 0.25) is 0 Å². The van der Waals surface area contributed by atoms with Gasteiger partial charge in [0.25, 0.3) is 0 Å². The molecule has 1 heterocycles. The fourth-order valence-corrected chi connectivity index (χ4v) is 3.55. The first-order chi connectivity index (χ1) is 10.3. The number of rotatable bonds is 8. The highest BCUT2D eigenvalue weighted by atomic mass is 16.3. The Bertz CT molecular complexity index is 552. The molecule has 0 bridgehead atoms. The lowest BCUT2D eigenvalue weighted by molar-refractivity contribution is 0.327. The van der Waals surface area contributed by atoms with Gasteiger partial charge in [-0.3, -0.25) is 0 Å². The molecule has 0 aliphatic rings. The molecule has 0 radical (unpaired) electrons. The smallest absolute Gasteiger partial charge is 0.134 e. The van der Waals surface area contributed by atoms with Gasteiger partial charge in [-0.05, 0) is 31.9 Å². The van der Waals surface area contributed by atoms with Crippen LogP contribution in [-0.2, 0) is 6.42 Å². The molecule has 1 atom stereocenters. The number of hydrogen-bond acceptors (Lipinski definition) is 2. The van der Waals surface area contributed by atoms with Gasteiger partial charge in [0.1, 0.15) is 11.3 Å². The summed E-state index contributed by atoms with van der Waals surface area (Å²) < 4.78 is 6.10. The van der Waals surface area contributed by atoms with Gasteiger partial charge in [0.15, 0.2) is 0 Å². The third-order valence-electron chi connectivity index (χ3n) is 4.44. The second kappa shape index (κ2) is 7.65. The second-order valence-electron chi connectivity index (χ2n) is 5.89. The van der Waals surface area contributed by atoms with E-state index in [1.54, 1.807) is 0 Å². The average Bonchev–Trinajstić information content (AvgIpc) is 2.87. The van der Waals surface area contributed by atoms with Crippen molar-refractivity contribution in [1.82, 2.24) is 5.32 Å². The van der Waals surface area contributed by atoms with E-state index < -0.39 is 0 Å².